The Morgan fingerprint density at radius 3 is 1.96 bits per heavy atom. The Labute approximate surface area is 168 Å². The molecule has 1 saturated heterocycles. The summed E-state index contributed by atoms with van der Waals surface area (Å²) in [6.07, 6.45) is 2.28. The van der Waals surface area contributed by atoms with Crippen LogP contribution in [0.4, 0.5) is 5.69 Å². The molecule has 1 heterocycles. The van der Waals surface area contributed by atoms with Gasteiger partial charge in [-0.25, -0.2) is 5.01 Å². The number of nitrogens with zero attached hydrogens (tertiary/aromatic N) is 4. The van der Waals surface area contributed by atoms with Crippen LogP contribution in [0, 0.1) is 28.7 Å². The van der Waals surface area contributed by atoms with Gasteiger partial charge >= 0.3 is 0 Å². The second-order valence-electron chi connectivity index (χ2n) is 7.01. The second kappa shape index (κ2) is 6.02. The van der Waals surface area contributed by atoms with E-state index in [-0.39, 0.29) is 0 Å². The fraction of sp³-hybridized carbons (Fsp3) is 0.130. The van der Waals surface area contributed by atoms with Crippen LogP contribution in [-0.2, 0) is 5.54 Å². The number of nitriles is 2. The highest BCUT2D eigenvalue weighted by molar-refractivity contribution is 6.30. The number of hydrazine groups is 1. The molecule has 28 heavy (non-hydrogen) atoms. The Kier molecular flexibility index (Phi) is 3.59. The maximum Gasteiger partial charge on any atom is 0.200 e. The normalized spacial score (nSPS) is 18.5. The van der Waals surface area contributed by atoms with E-state index in [1.807, 2.05) is 53.5 Å². The van der Waals surface area contributed by atoms with Gasteiger partial charge in [0.2, 0.25) is 0 Å². The standard InChI is InChI=1S/C23H15ClN4/c24-17-9-11-18(12-10-17)28-23(16(13-25)14-27(28)15-26)21-7-3-1-5-19(21)20-6-2-4-8-22(20)23/h1-12,16H,14H2. The summed E-state index contributed by atoms with van der Waals surface area (Å²) in [5, 5.41) is 24.2. The van der Waals surface area contributed by atoms with Crippen molar-refractivity contribution in [2.24, 2.45) is 5.92 Å². The minimum Gasteiger partial charge on any atom is -0.260 e. The minimum atomic E-state index is -0.758. The van der Waals surface area contributed by atoms with Crippen molar-refractivity contribution in [2.45, 2.75) is 5.54 Å². The Hall–Kier alpha value is -3.47. The third-order valence-corrected chi connectivity index (χ3v) is 6.00. The topological polar surface area (TPSA) is 54.1 Å². The van der Waals surface area contributed by atoms with E-state index in [9.17, 15) is 10.5 Å². The van der Waals surface area contributed by atoms with Gasteiger partial charge in [-0.2, -0.15) is 10.5 Å². The summed E-state index contributed by atoms with van der Waals surface area (Å²) in [5.74, 6) is -0.410. The van der Waals surface area contributed by atoms with E-state index in [4.69, 9.17) is 11.6 Å². The molecule has 0 aromatic heterocycles. The molecule has 5 heteroatoms. The molecule has 134 valence electrons. The molecule has 1 atom stereocenters. The van der Waals surface area contributed by atoms with E-state index in [2.05, 4.69) is 36.5 Å². The van der Waals surface area contributed by atoms with Crippen LogP contribution < -0.4 is 5.01 Å². The molecule has 0 bridgehead atoms. The summed E-state index contributed by atoms with van der Waals surface area (Å²) in [7, 11) is 0. The van der Waals surface area contributed by atoms with E-state index in [1.165, 1.54) is 0 Å². The fourth-order valence-corrected chi connectivity index (χ4v) is 4.85. The van der Waals surface area contributed by atoms with Crippen LogP contribution >= 0.6 is 11.6 Å². The van der Waals surface area contributed by atoms with Crippen molar-refractivity contribution in [3.8, 4) is 23.4 Å². The van der Waals surface area contributed by atoms with E-state index in [0.717, 1.165) is 27.9 Å². The number of rotatable bonds is 1. The quantitative estimate of drug-likeness (QED) is 0.560. The van der Waals surface area contributed by atoms with E-state index < -0.39 is 11.5 Å². The Morgan fingerprint density at radius 2 is 1.43 bits per heavy atom. The lowest BCUT2D eigenvalue weighted by Crippen LogP contribution is -2.48. The predicted molar refractivity (Wildman–Crippen MR) is 108 cm³/mol. The first-order valence-corrected chi connectivity index (χ1v) is 9.41. The SMILES string of the molecule is N#CC1CN(C#N)N(c2ccc(Cl)cc2)C12c1ccccc1-c1ccccc12. The molecule has 0 N–H and O–H groups in total. The number of halogens is 1. The van der Waals surface area contributed by atoms with Gasteiger partial charge in [-0.3, -0.25) is 5.01 Å². The van der Waals surface area contributed by atoms with Crippen molar-refractivity contribution in [1.29, 1.82) is 10.5 Å². The lowest BCUT2D eigenvalue weighted by atomic mass is 9.77. The molecule has 1 aliphatic heterocycles. The third kappa shape index (κ3) is 1.99. The third-order valence-electron chi connectivity index (χ3n) is 5.74. The van der Waals surface area contributed by atoms with Crippen molar-refractivity contribution >= 4 is 17.3 Å². The first kappa shape index (κ1) is 16.7. The molecule has 2 aliphatic rings. The van der Waals surface area contributed by atoms with Crippen LogP contribution in [0.15, 0.2) is 72.8 Å². The Morgan fingerprint density at radius 1 is 0.857 bits per heavy atom. The monoisotopic (exact) mass is 382 g/mol. The zero-order valence-corrected chi connectivity index (χ0v) is 15.6. The Balaban J connectivity index is 1.88. The van der Waals surface area contributed by atoms with Gasteiger partial charge in [0.25, 0.3) is 0 Å². The summed E-state index contributed by atoms with van der Waals surface area (Å²) >= 11 is 6.11. The first-order chi connectivity index (χ1) is 13.7. The lowest BCUT2D eigenvalue weighted by Gasteiger charge is -2.41. The van der Waals surface area contributed by atoms with E-state index >= 15 is 0 Å². The summed E-state index contributed by atoms with van der Waals surface area (Å²) in [5.41, 5.74) is 4.39. The average molecular weight is 383 g/mol. The number of benzene rings is 3. The number of fused-ring (bicyclic) bond motifs is 5. The van der Waals surface area contributed by atoms with Crippen LogP contribution in [0.25, 0.3) is 11.1 Å². The van der Waals surface area contributed by atoms with Gasteiger partial charge < -0.3 is 0 Å². The van der Waals surface area contributed by atoms with Crippen LogP contribution in [0.2, 0.25) is 5.02 Å². The molecule has 1 aliphatic carbocycles. The summed E-state index contributed by atoms with van der Waals surface area (Å²) in [4.78, 5) is 0. The molecule has 0 amide bonds. The highest BCUT2D eigenvalue weighted by atomic mass is 35.5. The summed E-state index contributed by atoms with van der Waals surface area (Å²) in [6, 6.07) is 26.3. The van der Waals surface area contributed by atoms with Crippen molar-refractivity contribution in [2.75, 3.05) is 11.6 Å². The van der Waals surface area contributed by atoms with Gasteiger partial charge in [0.1, 0.15) is 11.5 Å². The van der Waals surface area contributed by atoms with Crippen LogP contribution in [0.5, 0.6) is 0 Å². The maximum absolute atomic E-state index is 10.1. The fourth-order valence-electron chi connectivity index (χ4n) is 4.72. The highest BCUT2D eigenvalue weighted by Gasteiger charge is 2.60. The summed E-state index contributed by atoms with van der Waals surface area (Å²) < 4.78 is 0. The summed E-state index contributed by atoms with van der Waals surface area (Å²) in [6.45, 7) is 0.332. The molecule has 5 rings (SSSR count). The van der Waals surface area contributed by atoms with Gasteiger partial charge in [-0.1, -0.05) is 60.1 Å². The molecule has 1 fully saturated rings. The van der Waals surface area contributed by atoms with Gasteiger partial charge in [0.15, 0.2) is 6.19 Å². The molecular weight excluding hydrogens is 368 g/mol. The zero-order valence-electron chi connectivity index (χ0n) is 14.9. The second-order valence-corrected chi connectivity index (χ2v) is 7.45. The molecule has 1 spiro atoms. The molecule has 3 aromatic rings. The largest absolute Gasteiger partial charge is 0.260 e. The van der Waals surface area contributed by atoms with Gasteiger partial charge in [-0.05, 0) is 46.5 Å². The molecule has 3 aromatic carbocycles. The lowest BCUT2D eigenvalue weighted by molar-refractivity contribution is 0.392. The molecule has 0 saturated carbocycles. The minimum absolute atomic E-state index is 0.332. The smallest absolute Gasteiger partial charge is 0.200 e. The molecule has 1 unspecified atom stereocenters. The predicted octanol–water partition coefficient (Wildman–Crippen LogP) is 4.92. The van der Waals surface area contributed by atoms with E-state index in [0.29, 0.717) is 11.6 Å². The maximum atomic E-state index is 10.1. The number of anilines is 1. The van der Waals surface area contributed by atoms with E-state index in [1.54, 1.807) is 5.01 Å². The van der Waals surface area contributed by atoms with Gasteiger partial charge in [0.05, 0.1) is 18.3 Å². The average Bonchev–Trinajstić information content (AvgIpc) is 3.23. The van der Waals surface area contributed by atoms with Crippen molar-refractivity contribution in [1.82, 2.24) is 5.01 Å². The molecule has 0 radical (unpaired) electrons. The van der Waals surface area contributed by atoms with Crippen molar-refractivity contribution in [3.05, 3.63) is 88.9 Å². The van der Waals surface area contributed by atoms with Crippen molar-refractivity contribution < 1.29 is 0 Å². The zero-order chi connectivity index (χ0) is 19.3. The van der Waals surface area contributed by atoms with Crippen molar-refractivity contribution in [3.63, 3.8) is 0 Å². The van der Waals surface area contributed by atoms with Crippen LogP contribution in [-0.4, -0.2) is 11.6 Å². The molecule has 4 nitrogen and oxygen atoms in total. The van der Waals surface area contributed by atoms with Gasteiger partial charge in [0, 0.05) is 5.02 Å². The Bertz CT molecular complexity index is 1110. The number of hydrogen-bond acceptors (Lipinski definition) is 4. The molecular formula is C23H15ClN4. The van der Waals surface area contributed by atoms with Crippen LogP contribution in [0.1, 0.15) is 11.1 Å². The first-order valence-electron chi connectivity index (χ1n) is 9.03. The van der Waals surface area contributed by atoms with Gasteiger partial charge in [-0.15, -0.1) is 0 Å². The number of hydrogen-bond donors (Lipinski definition) is 0. The van der Waals surface area contributed by atoms with Crippen LogP contribution in [0.3, 0.4) is 0 Å². The highest BCUT2D eigenvalue weighted by Crippen LogP contribution is 2.58.